The number of hydrogen-bond donors (Lipinski definition) is 2. The van der Waals surface area contributed by atoms with Gasteiger partial charge in [0.25, 0.3) is 5.91 Å². The molecule has 0 aliphatic rings. The molecule has 1 heterocycles. The van der Waals surface area contributed by atoms with Gasteiger partial charge in [0.05, 0.1) is 19.4 Å². The number of amides is 2. The Balaban J connectivity index is 1.47. The van der Waals surface area contributed by atoms with E-state index in [1.54, 1.807) is 35.9 Å². The first-order chi connectivity index (χ1) is 17.0. The Kier molecular flexibility index (Phi) is 7.74. The number of anilines is 1. The summed E-state index contributed by atoms with van der Waals surface area (Å²) < 4.78 is 20.0. The molecule has 0 aliphatic carbocycles. The van der Waals surface area contributed by atoms with Gasteiger partial charge in [-0.2, -0.15) is 0 Å². The number of nitrogens with one attached hydrogen (secondary N) is 2. The number of methoxy groups -OCH3 is 1. The van der Waals surface area contributed by atoms with Crippen LogP contribution in [-0.2, 0) is 11.3 Å². The van der Waals surface area contributed by atoms with Crippen LogP contribution < -0.4 is 15.4 Å². The van der Waals surface area contributed by atoms with Crippen LogP contribution in [0.15, 0.2) is 84.0 Å². The van der Waals surface area contributed by atoms with Gasteiger partial charge in [-0.05, 0) is 54.6 Å². The van der Waals surface area contributed by atoms with Gasteiger partial charge in [-0.25, -0.2) is 4.39 Å². The highest BCUT2D eigenvalue weighted by Crippen LogP contribution is 2.23. The minimum atomic E-state index is -0.376. The summed E-state index contributed by atoms with van der Waals surface area (Å²) in [6.45, 7) is 0.125. The summed E-state index contributed by atoms with van der Waals surface area (Å²) in [5, 5.41) is 14.6. The summed E-state index contributed by atoms with van der Waals surface area (Å²) in [4.78, 5) is 25.0. The SMILES string of the molecule is COc1cccc(C(=O)NCc2nnc(SCC(=O)Nc3ccc(F)cc3)n2-c2ccccc2)c1. The van der Waals surface area contributed by atoms with E-state index >= 15 is 0 Å². The zero-order chi connectivity index (χ0) is 24.6. The number of carbonyl (C=O) groups excluding carboxylic acids is 2. The third-order valence-electron chi connectivity index (χ3n) is 4.91. The van der Waals surface area contributed by atoms with Crippen molar-refractivity contribution in [2.24, 2.45) is 0 Å². The topological polar surface area (TPSA) is 98.1 Å². The summed E-state index contributed by atoms with van der Waals surface area (Å²) in [5.41, 5.74) is 1.76. The number of aromatic nitrogens is 3. The number of nitrogens with zero attached hydrogens (tertiary/aromatic N) is 3. The van der Waals surface area contributed by atoms with Gasteiger partial charge in [0.1, 0.15) is 11.6 Å². The number of para-hydroxylation sites is 1. The molecule has 1 aromatic heterocycles. The van der Waals surface area contributed by atoms with Crippen molar-refractivity contribution in [3.05, 3.63) is 96.1 Å². The van der Waals surface area contributed by atoms with Crippen LogP contribution >= 0.6 is 11.8 Å². The summed E-state index contributed by atoms with van der Waals surface area (Å²) >= 11 is 1.20. The maximum Gasteiger partial charge on any atom is 0.251 e. The van der Waals surface area contributed by atoms with Gasteiger partial charge in [0.15, 0.2) is 11.0 Å². The summed E-state index contributed by atoms with van der Waals surface area (Å²) in [6.07, 6.45) is 0. The molecule has 10 heteroatoms. The van der Waals surface area contributed by atoms with E-state index < -0.39 is 0 Å². The lowest BCUT2D eigenvalue weighted by Gasteiger charge is -2.11. The molecule has 0 radical (unpaired) electrons. The van der Waals surface area contributed by atoms with Gasteiger partial charge in [-0.3, -0.25) is 14.2 Å². The van der Waals surface area contributed by atoms with Crippen LogP contribution in [0.25, 0.3) is 5.69 Å². The van der Waals surface area contributed by atoms with E-state index in [2.05, 4.69) is 20.8 Å². The predicted molar refractivity (Wildman–Crippen MR) is 131 cm³/mol. The molecule has 0 saturated heterocycles. The molecule has 0 aliphatic heterocycles. The van der Waals surface area contributed by atoms with Crippen molar-refractivity contribution in [3.8, 4) is 11.4 Å². The van der Waals surface area contributed by atoms with Crippen LogP contribution in [0.3, 0.4) is 0 Å². The van der Waals surface area contributed by atoms with Crippen LogP contribution in [0.2, 0.25) is 0 Å². The van der Waals surface area contributed by atoms with E-state index in [1.807, 2.05) is 30.3 Å². The minimum Gasteiger partial charge on any atom is -0.497 e. The lowest BCUT2D eigenvalue weighted by molar-refractivity contribution is -0.113. The number of halogens is 1. The highest BCUT2D eigenvalue weighted by Gasteiger charge is 2.17. The predicted octanol–water partition coefficient (Wildman–Crippen LogP) is 4.08. The molecular formula is C25H22FN5O3S. The van der Waals surface area contributed by atoms with Crippen LogP contribution in [0, 0.1) is 5.82 Å². The number of thioether (sulfide) groups is 1. The first-order valence-electron chi connectivity index (χ1n) is 10.6. The van der Waals surface area contributed by atoms with Crippen LogP contribution in [0.1, 0.15) is 16.2 Å². The second-order valence-corrected chi connectivity index (χ2v) is 8.27. The lowest BCUT2D eigenvalue weighted by Crippen LogP contribution is -2.24. The molecule has 2 N–H and O–H groups in total. The van der Waals surface area contributed by atoms with Crippen molar-refractivity contribution in [2.75, 3.05) is 18.2 Å². The molecule has 2 amide bonds. The van der Waals surface area contributed by atoms with Crippen molar-refractivity contribution < 1.29 is 18.7 Å². The molecule has 0 saturated carbocycles. The van der Waals surface area contributed by atoms with E-state index in [1.165, 1.54) is 36.0 Å². The van der Waals surface area contributed by atoms with E-state index in [0.29, 0.717) is 28.0 Å². The summed E-state index contributed by atoms with van der Waals surface area (Å²) in [6, 6.07) is 21.8. The van der Waals surface area contributed by atoms with E-state index in [4.69, 9.17) is 4.74 Å². The fraction of sp³-hybridized carbons (Fsp3) is 0.120. The normalized spacial score (nSPS) is 10.6. The molecule has 0 spiro atoms. The van der Waals surface area contributed by atoms with Gasteiger partial charge in [-0.15, -0.1) is 10.2 Å². The number of benzene rings is 3. The largest absolute Gasteiger partial charge is 0.497 e. The molecule has 178 valence electrons. The number of ether oxygens (including phenoxy) is 1. The van der Waals surface area contributed by atoms with Gasteiger partial charge in [0.2, 0.25) is 5.91 Å². The van der Waals surface area contributed by atoms with E-state index in [9.17, 15) is 14.0 Å². The van der Waals surface area contributed by atoms with Gasteiger partial charge < -0.3 is 15.4 Å². The Hall–Kier alpha value is -4.18. The number of rotatable bonds is 9. The Bertz CT molecular complexity index is 1310. The van der Waals surface area contributed by atoms with Gasteiger partial charge in [-0.1, -0.05) is 36.0 Å². The van der Waals surface area contributed by atoms with Crippen molar-refractivity contribution in [3.63, 3.8) is 0 Å². The van der Waals surface area contributed by atoms with E-state index in [0.717, 1.165) is 5.69 Å². The molecule has 0 atom stereocenters. The standard InChI is InChI=1S/C25H22FN5O3S/c1-34-21-9-5-6-17(14-21)24(33)27-15-22-29-30-25(31(22)20-7-3-2-4-8-20)35-16-23(32)28-19-12-10-18(26)11-13-19/h2-14H,15-16H2,1H3,(H,27,33)(H,28,32). The van der Waals surface area contributed by atoms with Gasteiger partial charge >= 0.3 is 0 Å². The monoisotopic (exact) mass is 491 g/mol. The maximum absolute atomic E-state index is 13.1. The number of carbonyl (C=O) groups is 2. The quantitative estimate of drug-likeness (QED) is 0.343. The molecule has 4 aromatic rings. The minimum absolute atomic E-state index is 0.0680. The first-order valence-corrected chi connectivity index (χ1v) is 11.6. The van der Waals surface area contributed by atoms with Crippen molar-refractivity contribution in [1.82, 2.24) is 20.1 Å². The fourth-order valence-corrected chi connectivity index (χ4v) is 4.00. The summed E-state index contributed by atoms with van der Waals surface area (Å²) in [5.74, 6) is 0.242. The van der Waals surface area contributed by atoms with Gasteiger partial charge in [0, 0.05) is 16.9 Å². The average Bonchev–Trinajstić information content (AvgIpc) is 3.30. The van der Waals surface area contributed by atoms with Crippen LogP contribution in [0.5, 0.6) is 5.75 Å². The Morgan fingerprint density at radius 2 is 1.77 bits per heavy atom. The van der Waals surface area contributed by atoms with Crippen LogP contribution in [-0.4, -0.2) is 39.4 Å². The zero-order valence-corrected chi connectivity index (χ0v) is 19.6. The smallest absolute Gasteiger partial charge is 0.251 e. The van der Waals surface area contributed by atoms with Crippen molar-refractivity contribution >= 4 is 29.3 Å². The molecule has 35 heavy (non-hydrogen) atoms. The highest BCUT2D eigenvalue weighted by molar-refractivity contribution is 7.99. The Morgan fingerprint density at radius 1 is 1.00 bits per heavy atom. The third kappa shape index (κ3) is 6.24. The third-order valence-corrected chi connectivity index (χ3v) is 5.84. The molecular weight excluding hydrogens is 469 g/mol. The van der Waals surface area contributed by atoms with E-state index in [-0.39, 0.29) is 29.9 Å². The Labute approximate surface area is 205 Å². The van der Waals surface area contributed by atoms with Crippen molar-refractivity contribution in [1.29, 1.82) is 0 Å². The zero-order valence-electron chi connectivity index (χ0n) is 18.8. The highest BCUT2D eigenvalue weighted by atomic mass is 32.2. The fourth-order valence-electron chi connectivity index (χ4n) is 3.23. The molecule has 0 bridgehead atoms. The van der Waals surface area contributed by atoms with Crippen LogP contribution in [0.4, 0.5) is 10.1 Å². The Morgan fingerprint density at radius 3 is 2.51 bits per heavy atom. The second-order valence-electron chi connectivity index (χ2n) is 7.33. The summed E-state index contributed by atoms with van der Waals surface area (Å²) in [7, 11) is 1.54. The molecule has 8 nitrogen and oxygen atoms in total. The average molecular weight is 492 g/mol. The molecule has 0 fully saturated rings. The second kappa shape index (κ2) is 11.3. The lowest BCUT2D eigenvalue weighted by atomic mass is 10.2. The molecule has 4 rings (SSSR count). The number of hydrogen-bond acceptors (Lipinski definition) is 6. The maximum atomic E-state index is 13.1. The molecule has 3 aromatic carbocycles. The molecule has 0 unspecified atom stereocenters. The first kappa shape index (κ1) is 24.0. The van der Waals surface area contributed by atoms with Crippen molar-refractivity contribution in [2.45, 2.75) is 11.7 Å².